The number of thiocarbonyl (C=S) groups is 1. The molecule has 0 spiro atoms. The molecule has 0 aliphatic heterocycles. The van der Waals surface area contributed by atoms with Crippen molar-refractivity contribution < 1.29 is 0 Å². The normalized spacial score (nSPS) is 10.8. The Hall–Kier alpha value is -2.54. The van der Waals surface area contributed by atoms with Crippen LogP contribution in [-0.4, -0.2) is 24.5 Å². The van der Waals surface area contributed by atoms with Crippen molar-refractivity contribution in [3.63, 3.8) is 0 Å². The third kappa shape index (κ3) is 2.08. The van der Waals surface area contributed by atoms with Crippen molar-refractivity contribution >= 4 is 34.2 Å². The number of hydrogen-bond acceptors (Lipinski definition) is 5. The summed E-state index contributed by atoms with van der Waals surface area (Å²) in [6.45, 7) is 0.570. The van der Waals surface area contributed by atoms with Gasteiger partial charge in [-0.1, -0.05) is 36.5 Å². The Morgan fingerprint density at radius 3 is 2.80 bits per heavy atom. The summed E-state index contributed by atoms with van der Waals surface area (Å²) in [5.41, 5.74) is 14.7. The van der Waals surface area contributed by atoms with E-state index in [0.717, 1.165) is 11.1 Å². The lowest BCUT2D eigenvalue weighted by Gasteiger charge is -2.09. The molecular weight excluding hydrogens is 272 g/mol. The highest BCUT2D eigenvalue weighted by molar-refractivity contribution is 7.80. The van der Waals surface area contributed by atoms with Gasteiger partial charge in [0.25, 0.3) is 0 Å². The monoisotopic (exact) mass is 284 g/mol. The van der Waals surface area contributed by atoms with Crippen LogP contribution in [0.15, 0.2) is 36.9 Å². The van der Waals surface area contributed by atoms with Crippen LogP contribution in [0.1, 0.15) is 11.1 Å². The summed E-state index contributed by atoms with van der Waals surface area (Å²) < 4.78 is 1.89. The van der Waals surface area contributed by atoms with Gasteiger partial charge in [0.15, 0.2) is 11.5 Å². The third-order valence-electron chi connectivity index (χ3n) is 3.05. The molecule has 6 nitrogen and oxygen atoms in total. The standard InChI is InChI=1S/C13H12N6S/c14-11-10-13(17-6-16-11)19(7-18-10)5-8-3-1-2-4-9(8)12(15)20/h1-4,6-7H,5H2,(H2,15,20)(H2,14,16,17). The van der Waals surface area contributed by atoms with Gasteiger partial charge in [0, 0.05) is 5.56 Å². The molecule has 20 heavy (non-hydrogen) atoms. The van der Waals surface area contributed by atoms with Crippen LogP contribution >= 0.6 is 12.2 Å². The fourth-order valence-corrected chi connectivity index (χ4v) is 2.30. The number of nitrogens with two attached hydrogens (primary N) is 2. The van der Waals surface area contributed by atoms with E-state index in [1.54, 1.807) is 6.33 Å². The first kappa shape index (κ1) is 12.5. The Morgan fingerprint density at radius 2 is 2.00 bits per heavy atom. The van der Waals surface area contributed by atoms with Crippen molar-refractivity contribution in [1.29, 1.82) is 0 Å². The van der Waals surface area contributed by atoms with Crippen LogP contribution in [0.5, 0.6) is 0 Å². The maximum atomic E-state index is 5.77. The van der Waals surface area contributed by atoms with E-state index >= 15 is 0 Å². The maximum Gasteiger partial charge on any atom is 0.165 e. The number of aromatic nitrogens is 4. The summed E-state index contributed by atoms with van der Waals surface area (Å²) in [6.07, 6.45) is 3.11. The highest BCUT2D eigenvalue weighted by Gasteiger charge is 2.10. The second kappa shape index (κ2) is 4.86. The Labute approximate surface area is 120 Å². The zero-order valence-electron chi connectivity index (χ0n) is 10.5. The van der Waals surface area contributed by atoms with E-state index in [2.05, 4.69) is 15.0 Å². The number of nitrogen functional groups attached to an aromatic ring is 1. The first-order chi connectivity index (χ1) is 9.66. The summed E-state index contributed by atoms with van der Waals surface area (Å²) >= 11 is 5.07. The van der Waals surface area contributed by atoms with Gasteiger partial charge in [0.2, 0.25) is 0 Å². The highest BCUT2D eigenvalue weighted by Crippen LogP contribution is 2.17. The van der Waals surface area contributed by atoms with Crippen molar-refractivity contribution in [2.75, 3.05) is 5.73 Å². The van der Waals surface area contributed by atoms with Crippen LogP contribution in [0.25, 0.3) is 11.2 Å². The van der Waals surface area contributed by atoms with Crippen molar-refractivity contribution in [2.45, 2.75) is 6.54 Å². The minimum atomic E-state index is 0.372. The molecular formula is C13H12N6S. The van der Waals surface area contributed by atoms with Gasteiger partial charge in [-0.2, -0.15) is 0 Å². The molecule has 7 heteroatoms. The van der Waals surface area contributed by atoms with Crippen molar-refractivity contribution in [3.8, 4) is 0 Å². The first-order valence-electron chi connectivity index (χ1n) is 5.96. The largest absolute Gasteiger partial charge is 0.389 e. The van der Waals surface area contributed by atoms with E-state index in [0.29, 0.717) is 28.5 Å². The molecule has 0 fully saturated rings. The van der Waals surface area contributed by atoms with Crippen LogP contribution in [0.2, 0.25) is 0 Å². The quantitative estimate of drug-likeness (QED) is 0.699. The minimum absolute atomic E-state index is 0.372. The van der Waals surface area contributed by atoms with Crippen LogP contribution in [0.3, 0.4) is 0 Å². The molecule has 1 aromatic carbocycles. The number of imidazole rings is 1. The van der Waals surface area contributed by atoms with E-state index in [9.17, 15) is 0 Å². The number of anilines is 1. The molecule has 0 aliphatic rings. The Kier molecular flexibility index (Phi) is 3.03. The highest BCUT2D eigenvalue weighted by atomic mass is 32.1. The van der Waals surface area contributed by atoms with Gasteiger partial charge in [-0.05, 0) is 5.56 Å². The van der Waals surface area contributed by atoms with E-state index in [1.165, 1.54) is 6.33 Å². The van der Waals surface area contributed by atoms with Crippen molar-refractivity contribution in [1.82, 2.24) is 19.5 Å². The van der Waals surface area contributed by atoms with Crippen LogP contribution in [0, 0.1) is 0 Å². The minimum Gasteiger partial charge on any atom is -0.389 e. The smallest absolute Gasteiger partial charge is 0.165 e. The number of nitrogens with zero attached hydrogens (tertiary/aromatic N) is 4. The summed E-state index contributed by atoms with van der Waals surface area (Å²) in [5.74, 6) is 0.372. The maximum absolute atomic E-state index is 5.77. The molecule has 0 unspecified atom stereocenters. The number of rotatable bonds is 3. The second-order valence-electron chi connectivity index (χ2n) is 4.32. The average molecular weight is 284 g/mol. The number of hydrogen-bond donors (Lipinski definition) is 2. The van der Waals surface area contributed by atoms with E-state index in [4.69, 9.17) is 23.7 Å². The van der Waals surface area contributed by atoms with Gasteiger partial charge in [-0.15, -0.1) is 0 Å². The van der Waals surface area contributed by atoms with Crippen LogP contribution in [-0.2, 0) is 6.54 Å². The predicted octanol–water partition coefficient (Wildman–Crippen LogP) is 1.09. The molecule has 0 saturated heterocycles. The molecule has 0 bridgehead atoms. The van der Waals surface area contributed by atoms with Gasteiger partial charge in [-0.25, -0.2) is 15.0 Å². The van der Waals surface area contributed by atoms with Gasteiger partial charge in [0.1, 0.15) is 16.8 Å². The third-order valence-corrected chi connectivity index (χ3v) is 3.27. The molecule has 0 aliphatic carbocycles. The molecule has 0 amide bonds. The van der Waals surface area contributed by atoms with Gasteiger partial charge < -0.3 is 16.0 Å². The molecule has 4 N–H and O–H groups in total. The Morgan fingerprint density at radius 1 is 1.20 bits per heavy atom. The fourth-order valence-electron chi connectivity index (χ4n) is 2.10. The van der Waals surface area contributed by atoms with Crippen molar-refractivity contribution in [2.24, 2.45) is 5.73 Å². The van der Waals surface area contributed by atoms with Gasteiger partial charge in [-0.3, -0.25) is 0 Å². The van der Waals surface area contributed by atoms with E-state index in [-0.39, 0.29) is 0 Å². The lowest BCUT2D eigenvalue weighted by molar-refractivity contribution is 0.812. The molecule has 0 saturated carbocycles. The fraction of sp³-hybridized carbons (Fsp3) is 0.0769. The van der Waals surface area contributed by atoms with Crippen LogP contribution < -0.4 is 11.5 Å². The first-order valence-corrected chi connectivity index (χ1v) is 6.36. The summed E-state index contributed by atoms with van der Waals surface area (Å²) in [7, 11) is 0. The summed E-state index contributed by atoms with van der Waals surface area (Å²) in [5, 5.41) is 0. The van der Waals surface area contributed by atoms with E-state index < -0.39 is 0 Å². The molecule has 100 valence electrons. The Bertz CT molecular complexity index is 794. The zero-order valence-corrected chi connectivity index (χ0v) is 11.3. The topological polar surface area (TPSA) is 95.6 Å². The molecule has 2 heterocycles. The lowest BCUT2D eigenvalue weighted by atomic mass is 10.1. The number of fused-ring (bicyclic) bond motifs is 1. The molecule has 0 radical (unpaired) electrons. The molecule has 3 aromatic rings. The summed E-state index contributed by atoms with van der Waals surface area (Å²) in [4.78, 5) is 12.8. The molecule has 2 aromatic heterocycles. The van der Waals surface area contributed by atoms with Crippen LogP contribution in [0.4, 0.5) is 5.82 Å². The van der Waals surface area contributed by atoms with E-state index in [1.807, 2.05) is 28.8 Å². The van der Waals surface area contributed by atoms with Crippen molar-refractivity contribution in [3.05, 3.63) is 48.0 Å². The zero-order chi connectivity index (χ0) is 14.1. The summed E-state index contributed by atoms with van der Waals surface area (Å²) in [6, 6.07) is 7.73. The predicted molar refractivity (Wildman–Crippen MR) is 81.2 cm³/mol. The second-order valence-corrected chi connectivity index (χ2v) is 4.76. The van der Waals surface area contributed by atoms with Gasteiger partial charge in [0.05, 0.1) is 12.9 Å². The Balaban J connectivity index is 2.06. The number of benzene rings is 1. The average Bonchev–Trinajstić information content (AvgIpc) is 2.84. The van der Waals surface area contributed by atoms with Gasteiger partial charge >= 0.3 is 0 Å². The SMILES string of the molecule is NC(=S)c1ccccc1Cn1cnc2c(N)ncnc21. The lowest BCUT2D eigenvalue weighted by Crippen LogP contribution is -2.13. The molecule has 3 rings (SSSR count). The molecule has 0 atom stereocenters.